The van der Waals surface area contributed by atoms with Crippen LogP contribution in [0.25, 0.3) is 0 Å². The highest BCUT2D eigenvalue weighted by atomic mass is 31.2. The fourth-order valence-corrected chi connectivity index (χ4v) is 13.4. The summed E-state index contributed by atoms with van der Waals surface area (Å²) in [6, 6.07) is 0. The van der Waals surface area contributed by atoms with E-state index in [2.05, 4.69) is 41.5 Å². The second kappa shape index (κ2) is 68.8. The number of carbonyl (C=O) groups excluding carboxylic acids is 4. The minimum absolute atomic E-state index is 0.108. The first-order valence-electron chi connectivity index (χ1n) is 40.0. The van der Waals surface area contributed by atoms with Crippen molar-refractivity contribution >= 4 is 39.5 Å². The largest absolute Gasteiger partial charge is 0.472 e. The van der Waals surface area contributed by atoms with Crippen LogP contribution in [-0.2, 0) is 65.4 Å². The summed E-state index contributed by atoms with van der Waals surface area (Å²) in [7, 11) is -9.91. The third-order valence-electron chi connectivity index (χ3n) is 18.3. The van der Waals surface area contributed by atoms with Gasteiger partial charge in [0.15, 0.2) is 12.2 Å². The number of ether oxygens (including phenoxy) is 4. The molecule has 0 rings (SSSR count). The van der Waals surface area contributed by atoms with Crippen molar-refractivity contribution in [3.63, 3.8) is 0 Å². The zero-order valence-electron chi connectivity index (χ0n) is 62.7. The molecule has 3 N–H and O–H groups in total. The summed E-state index contributed by atoms with van der Waals surface area (Å²) < 4.78 is 68.6. The maximum absolute atomic E-state index is 13.1. The maximum Gasteiger partial charge on any atom is 0.472 e. The summed E-state index contributed by atoms with van der Waals surface area (Å²) in [5.74, 6) is -0.499. The first-order valence-corrected chi connectivity index (χ1v) is 43.0. The van der Waals surface area contributed by atoms with Gasteiger partial charge in [0.2, 0.25) is 0 Å². The summed E-state index contributed by atoms with van der Waals surface area (Å²) in [6.07, 6.45) is 56.6. The van der Waals surface area contributed by atoms with E-state index in [1.807, 2.05) is 0 Å². The molecule has 0 aromatic carbocycles. The average Bonchev–Trinajstić information content (AvgIpc) is 2.77. The van der Waals surface area contributed by atoms with Crippen molar-refractivity contribution in [2.75, 3.05) is 39.6 Å². The number of aliphatic hydroxyl groups excluding tert-OH is 1. The van der Waals surface area contributed by atoms with E-state index in [9.17, 15) is 43.2 Å². The van der Waals surface area contributed by atoms with E-state index in [-0.39, 0.29) is 25.7 Å². The van der Waals surface area contributed by atoms with Gasteiger partial charge in [0.1, 0.15) is 19.3 Å². The molecular formula is C77H150O17P2. The Morgan fingerprint density at radius 2 is 0.531 bits per heavy atom. The van der Waals surface area contributed by atoms with Crippen LogP contribution in [0, 0.1) is 11.8 Å². The van der Waals surface area contributed by atoms with Gasteiger partial charge in [-0.2, -0.15) is 0 Å². The molecule has 570 valence electrons. The SMILES string of the molecule is CCCCCCCCCCCCCCCC(=O)O[C@H](COC(=O)CCCCCCCCCCCCC)COP(=O)(O)OC[C@H](O)COP(=O)(O)OC[C@@H](COC(=O)CCCCCCCCCCCCC(C)CC)OC(=O)CCCCCCCCCCCCCCCCCC(C)C. The number of aliphatic hydroxyl groups is 1. The molecule has 0 spiro atoms. The van der Waals surface area contributed by atoms with Crippen molar-refractivity contribution in [1.29, 1.82) is 0 Å². The third-order valence-corrected chi connectivity index (χ3v) is 20.2. The van der Waals surface area contributed by atoms with Crippen LogP contribution >= 0.6 is 15.6 Å². The molecule has 0 heterocycles. The lowest BCUT2D eigenvalue weighted by Gasteiger charge is -2.21. The summed E-state index contributed by atoms with van der Waals surface area (Å²) in [4.78, 5) is 72.9. The smallest absolute Gasteiger partial charge is 0.462 e. The molecule has 0 amide bonds. The summed E-state index contributed by atoms with van der Waals surface area (Å²) in [5.41, 5.74) is 0. The standard InChI is InChI=1S/C77H150O17P2/c1-7-10-12-14-16-18-20-24-29-37-43-49-55-61-76(81)93-72(65-87-74(79)59-53-47-41-35-27-19-17-15-13-11-8-2)67-91-95(83,84)89-63-71(78)64-90-96(85,86)92-68-73(66-88-75(80)60-54-48-42-36-32-31-34-40-46-52-58-70(6)9-3)94-77(82)62-56-50-44-38-30-26-23-21-22-25-28-33-39-45-51-57-69(4)5/h69-73,78H,7-68H2,1-6H3,(H,83,84)(H,85,86)/t70?,71-,72+,73+/m0/s1. The fourth-order valence-electron chi connectivity index (χ4n) is 11.8. The molecule has 6 atom stereocenters. The van der Waals surface area contributed by atoms with Crippen LogP contribution in [0.1, 0.15) is 401 Å². The monoisotopic (exact) mass is 1410 g/mol. The van der Waals surface area contributed by atoms with Gasteiger partial charge in [-0.15, -0.1) is 0 Å². The van der Waals surface area contributed by atoms with E-state index in [0.717, 1.165) is 102 Å². The van der Waals surface area contributed by atoms with Crippen molar-refractivity contribution in [2.24, 2.45) is 11.8 Å². The highest BCUT2D eigenvalue weighted by Crippen LogP contribution is 2.45. The lowest BCUT2D eigenvalue weighted by atomic mass is 9.99. The molecule has 96 heavy (non-hydrogen) atoms. The molecule has 0 aromatic heterocycles. The minimum atomic E-state index is -4.96. The molecule has 0 saturated heterocycles. The quantitative estimate of drug-likeness (QED) is 0.0222. The normalized spacial score (nSPS) is 14.3. The molecule has 0 fully saturated rings. The zero-order chi connectivity index (χ0) is 70.7. The number of phosphoric acid groups is 2. The van der Waals surface area contributed by atoms with Gasteiger partial charge >= 0.3 is 39.5 Å². The summed E-state index contributed by atoms with van der Waals surface area (Å²) in [6.45, 7) is 9.66. The van der Waals surface area contributed by atoms with Gasteiger partial charge in [-0.25, -0.2) is 9.13 Å². The molecule has 19 heteroatoms. The maximum atomic E-state index is 13.1. The van der Waals surface area contributed by atoms with E-state index in [0.29, 0.717) is 25.7 Å². The Bertz CT molecular complexity index is 1860. The molecule has 17 nitrogen and oxygen atoms in total. The number of hydrogen-bond acceptors (Lipinski definition) is 15. The summed E-state index contributed by atoms with van der Waals surface area (Å²) >= 11 is 0. The second-order valence-electron chi connectivity index (χ2n) is 28.5. The van der Waals surface area contributed by atoms with E-state index in [1.54, 1.807) is 0 Å². The van der Waals surface area contributed by atoms with E-state index < -0.39 is 97.5 Å². The molecule has 0 aliphatic carbocycles. The van der Waals surface area contributed by atoms with Crippen molar-refractivity contribution in [3.05, 3.63) is 0 Å². The molecule has 0 aliphatic heterocycles. The lowest BCUT2D eigenvalue weighted by molar-refractivity contribution is -0.161. The van der Waals surface area contributed by atoms with Gasteiger partial charge in [-0.05, 0) is 37.5 Å². The Morgan fingerprint density at radius 3 is 0.792 bits per heavy atom. The fraction of sp³-hybridized carbons (Fsp3) is 0.948. The van der Waals surface area contributed by atoms with E-state index in [1.165, 1.54) is 218 Å². The lowest BCUT2D eigenvalue weighted by Crippen LogP contribution is -2.30. The number of rotatable bonds is 76. The van der Waals surface area contributed by atoms with Crippen LogP contribution in [-0.4, -0.2) is 96.7 Å². The van der Waals surface area contributed by atoms with Crippen LogP contribution in [0.4, 0.5) is 0 Å². The van der Waals surface area contributed by atoms with Gasteiger partial charge in [-0.3, -0.25) is 37.3 Å². The highest BCUT2D eigenvalue weighted by Gasteiger charge is 2.30. The predicted molar refractivity (Wildman–Crippen MR) is 391 cm³/mol. The van der Waals surface area contributed by atoms with E-state index in [4.69, 9.17) is 37.0 Å². The molecule has 0 bridgehead atoms. The first kappa shape index (κ1) is 94.1. The van der Waals surface area contributed by atoms with Crippen LogP contribution in [0.2, 0.25) is 0 Å². The number of carbonyl (C=O) groups is 4. The van der Waals surface area contributed by atoms with Gasteiger partial charge in [-0.1, -0.05) is 350 Å². The first-order chi connectivity index (χ1) is 46.4. The van der Waals surface area contributed by atoms with Gasteiger partial charge in [0, 0.05) is 25.7 Å². The van der Waals surface area contributed by atoms with Crippen molar-refractivity contribution < 1.29 is 80.2 Å². The molecule has 0 aromatic rings. The van der Waals surface area contributed by atoms with Gasteiger partial charge in [0.25, 0.3) is 0 Å². The molecule has 0 saturated carbocycles. The predicted octanol–water partition coefficient (Wildman–Crippen LogP) is 22.7. The average molecular weight is 1410 g/mol. The Kier molecular flexibility index (Phi) is 67.4. The van der Waals surface area contributed by atoms with Crippen LogP contribution < -0.4 is 0 Å². The number of unbranched alkanes of at least 4 members (excludes halogenated alkanes) is 45. The molecule has 0 aliphatic rings. The third kappa shape index (κ3) is 69.2. The van der Waals surface area contributed by atoms with Gasteiger partial charge in [0.05, 0.1) is 26.4 Å². The van der Waals surface area contributed by atoms with Crippen LogP contribution in [0.15, 0.2) is 0 Å². The second-order valence-corrected chi connectivity index (χ2v) is 31.4. The number of esters is 4. The van der Waals surface area contributed by atoms with Gasteiger partial charge < -0.3 is 33.8 Å². The van der Waals surface area contributed by atoms with Crippen molar-refractivity contribution in [1.82, 2.24) is 0 Å². The van der Waals surface area contributed by atoms with Crippen molar-refractivity contribution in [3.8, 4) is 0 Å². The molecular weight excluding hydrogens is 1260 g/mol. The molecule has 0 radical (unpaired) electrons. The topological polar surface area (TPSA) is 237 Å². The summed E-state index contributed by atoms with van der Waals surface area (Å²) in [5, 5.41) is 10.6. The Balaban J connectivity index is 5.25. The Hall–Kier alpha value is -1.94. The molecule has 3 unspecified atom stereocenters. The van der Waals surface area contributed by atoms with E-state index >= 15 is 0 Å². The number of hydrogen-bond donors (Lipinski definition) is 3. The number of phosphoric ester groups is 2. The van der Waals surface area contributed by atoms with Crippen LogP contribution in [0.5, 0.6) is 0 Å². The Morgan fingerprint density at radius 1 is 0.302 bits per heavy atom. The Labute approximate surface area is 588 Å². The van der Waals surface area contributed by atoms with Crippen molar-refractivity contribution in [2.45, 2.75) is 419 Å². The zero-order valence-corrected chi connectivity index (χ0v) is 64.5. The highest BCUT2D eigenvalue weighted by molar-refractivity contribution is 7.47. The van der Waals surface area contributed by atoms with Crippen LogP contribution in [0.3, 0.4) is 0 Å². The minimum Gasteiger partial charge on any atom is -0.462 e.